The van der Waals surface area contributed by atoms with E-state index in [-0.39, 0.29) is 5.38 Å². The van der Waals surface area contributed by atoms with Gasteiger partial charge in [0.15, 0.2) is 5.82 Å². The summed E-state index contributed by atoms with van der Waals surface area (Å²) in [5.74, 6) is 0.919. The molecule has 0 amide bonds. The summed E-state index contributed by atoms with van der Waals surface area (Å²) in [5.41, 5.74) is 1.13. The molecule has 82 valence electrons. The van der Waals surface area contributed by atoms with E-state index in [2.05, 4.69) is 35.3 Å². The van der Waals surface area contributed by atoms with E-state index in [0.717, 1.165) is 24.5 Å². The molecule has 1 unspecified atom stereocenters. The lowest BCUT2D eigenvalue weighted by Gasteiger charge is -2.18. The lowest BCUT2D eigenvalue weighted by atomic mass is 10.1. The smallest absolute Gasteiger partial charge is 0.155 e. The molecule has 4 nitrogen and oxygen atoms in total. The van der Waals surface area contributed by atoms with Crippen LogP contribution in [0, 0.1) is 0 Å². The largest absolute Gasteiger partial charge is 0.311 e. The molecule has 1 aliphatic rings. The zero-order chi connectivity index (χ0) is 10.8. The van der Waals surface area contributed by atoms with Crippen molar-refractivity contribution >= 4 is 17.2 Å². The van der Waals surface area contributed by atoms with Gasteiger partial charge in [-0.2, -0.15) is 5.10 Å². The lowest BCUT2D eigenvalue weighted by Crippen LogP contribution is -2.30. The van der Waals surface area contributed by atoms with Gasteiger partial charge in [0.2, 0.25) is 0 Å². The minimum atomic E-state index is 0.0473. The maximum absolute atomic E-state index is 6.06. The molecular weight excluding hydrogens is 212 g/mol. The third-order valence-electron chi connectivity index (χ3n) is 2.39. The molecular formula is C10H15ClN4. The molecule has 0 saturated heterocycles. The van der Waals surface area contributed by atoms with E-state index in [9.17, 15) is 0 Å². The molecule has 0 fully saturated rings. The van der Waals surface area contributed by atoms with Crippen LogP contribution in [0.1, 0.15) is 25.7 Å². The van der Waals surface area contributed by atoms with Crippen LogP contribution in [0.4, 0.5) is 0 Å². The van der Waals surface area contributed by atoms with E-state index in [4.69, 9.17) is 11.6 Å². The van der Waals surface area contributed by atoms with Gasteiger partial charge in [-0.1, -0.05) is 6.08 Å². The Kier molecular flexibility index (Phi) is 3.07. The van der Waals surface area contributed by atoms with Crippen molar-refractivity contribution in [3.8, 4) is 0 Å². The number of alkyl halides is 1. The summed E-state index contributed by atoms with van der Waals surface area (Å²) in [7, 11) is 0. The van der Waals surface area contributed by atoms with Gasteiger partial charge in [0.05, 0.1) is 5.38 Å². The van der Waals surface area contributed by atoms with E-state index in [1.165, 1.54) is 0 Å². The monoisotopic (exact) mass is 226 g/mol. The van der Waals surface area contributed by atoms with Crippen molar-refractivity contribution in [3.05, 3.63) is 18.2 Å². The van der Waals surface area contributed by atoms with Crippen LogP contribution in [0.5, 0.6) is 0 Å². The third kappa shape index (κ3) is 2.21. The lowest BCUT2D eigenvalue weighted by molar-refractivity contribution is 0.522. The number of halogens is 1. The summed E-state index contributed by atoms with van der Waals surface area (Å²) >= 11 is 6.06. The van der Waals surface area contributed by atoms with Gasteiger partial charge >= 0.3 is 0 Å². The Hall–Kier alpha value is -0.870. The number of aromatic nitrogens is 3. The number of nitrogens with zero attached hydrogens (tertiary/aromatic N) is 3. The van der Waals surface area contributed by atoms with Crippen molar-refractivity contribution in [2.24, 2.45) is 0 Å². The van der Waals surface area contributed by atoms with Gasteiger partial charge in [-0.05, 0) is 13.8 Å². The SMILES string of the molecule is CC(C)n1ncnc1C1=CC(Cl)CNC1. The van der Waals surface area contributed by atoms with Crippen LogP contribution in [0.3, 0.4) is 0 Å². The number of nitrogens with one attached hydrogen (secondary N) is 1. The van der Waals surface area contributed by atoms with Crippen molar-refractivity contribution in [1.82, 2.24) is 20.1 Å². The maximum atomic E-state index is 6.06. The van der Waals surface area contributed by atoms with Gasteiger partial charge in [-0.25, -0.2) is 9.67 Å². The van der Waals surface area contributed by atoms with Crippen LogP contribution in [-0.4, -0.2) is 33.2 Å². The van der Waals surface area contributed by atoms with Gasteiger partial charge in [-0.15, -0.1) is 11.6 Å². The molecule has 1 atom stereocenters. The molecule has 1 aliphatic heterocycles. The molecule has 2 heterocycles. The Bertz CT molecular complexity index is 369. The van der Waals surface area contributed by atoms with Gasteiger partial charge in [0.25, 0.3) is 0 Å². The number of hydrogen-bond acceptors (Lipinski definition) is 3. The highest BCUT2D eigenvalue weighted by Gasteiger charge is 2.17. The Labute approximate surface area is 94.3 Å². The molecule has 0 bridgehead atoms. The minimum Gasteiger partial charge on any atom is -0.311 e. The number of hydrogen-bond donors (Lipinski definition) is 1. The standard InChI is InChI=1S/C10H15ClN4/c1-7(2)15-10(13-6-14-15)8-3-9(11)5-12-4-8/h3,6-7,9,12H,4-5H2,1-2H3. The fourth-order valence-corrected chi connectivity index (χ4v) is 1.95. The van der Waals surface area contributed by atoms with Crippen LogP contribution in [0.15, 0.2) is 12.4 Å². The average Bonchev–Trinajstić information content (AvgIpc) is 2.65. The number of rotatable bonds is 2. The molecule has 5 heteroatoms. The Morgan fingerprint density at radius 3 is 3.07 bits per heavy atom. The second kappa shape index (κ2) is 4.33. The van der Waals surface area contributed by atoms with E-state index in [1.807, 2.05) is 4.68 Å². The molecule has 0 spiro atoms. The van der Waals surface area contributed by atoms with Crippen LogP contribution < -0.4 is 5.32 Å². The molecule has 1 N–H and O–H groups in total. The first-order valence-electron chi connectivity index (χ1n) is 5.14. The first-order valence-corrected chi connectivity index (χ1v) is 5.57. The van der Waals surface area contributed by atoms with Crippen LogP contribution in [0.25, 0.3) is 5.57 Å². The van der Waals surface area contributed by atoms with E-state index in [1.54, 1.807) is 6.33 Å². The van der Waals surface area contributed by atoms with Gasteiger partial charge < -0.3 is 5.32 Å². The van der Waals surface area contributed by atoms with Crippen molar-refractivity contribution in [3.63, 3.8) is 0 Å². The molecule has 0 saturated carbocycles. The van der Waals surface area contributed by atoms with Crippen molar-refractivity contribution in [2.45, 2.75) is 25.3 Å². The zero-order valence-corrected chi connectivity index (χ0v) is 9.70. The second-order valence-electron chi connectivity index (χ2n) is 3.96. The molecule has 2 rings (SSSR count). The van der Waals surface area contributed by atoms with E-state index in [0.29, 0.717) is 6.04 Å². The Balaban J connectivity index is 2.32. The Morgan fingerprint density at radius 2 is 2.40 bits per heavy atom. The highest BCUT2D eigenvalue weighted by Crippen LogP contribution is 2.18. The van der Waals surface area contributed by atoms with Gasteiger partial charge in [0, 0.05) is 24.7 Å². The van der Waals surface area contributed by atoms with E-state index >= 15 is 0 Å². The first-order chi connectivity index (χ1) is 7.18. The predicted octanol–water partition coefficient (Wildman–Crippen LogP) is 1.45. The first kappa shape index (κ1) is 10.6. The highest BCUT2D eigenvalue weighted by atomic mass is 35.5. The summed E-state index contributed by atoms with van der Waals surface area (Å²) in [6, 6.07) is 0.319. The minimum absolute atomic E-state index is 0.0473. The average molecular weight is 227 g/mol. The van der Waals surface area contributed by atoms with Gasteiger partial charge in [0.1, 0.15) is 6.33 Å². The summed E-state index contributed by atoms with van der Waals surface area (Å²) < 4.78 is 1.92. The van der Waals surface area contributed by atoms with Crippen molar-refractivity contribution in [2.75, 3.05) is 13.1 Å². The molecule has 1 aromatic rings. The maximum Gasteiger partial charge on any atom is 0.155 e. The Morgan fingerprint density at radius 1 is 1.60 bits per heavy atom. The summed E-state index contributed by atoms with van der Waals surface area (Å²) in [6.07, 6.45) is 3.65. The van der Waals surface area contributed by atoms with Crippen LogP contribution >= 0.6 is 11.6 Å². The fourth-order valence-electron chi connectivity index (χ4n) is 1.69. The summed E-state index contributed by atoms with van der Waals surface area (Å²) in [5, 5.41) is 7.51. The quantitative estimate of drug-likeness (QED) is 0.777. The normalized spacial score (nSPS) is 21.9. The van der Waals surface area contributed by atoms with E-state index < -0.39 is 0 Å². The molecule has 0 radical (unpaired) electrons. The zero-order valence-electron chi connectivity index (χ0n) is 8.94. The highest BCUT2D eigenvalue weighted by molar-refractivity contribution is 6.22. The second-order valence-corrected chi connectivity index (χ2v) is 4.52. The van der Waals surface area contributed by atoms with Crippen molar-refractivity contribution in [1.29, 1.82) is 0 Å². The van der Waals surface area contributed by atoms with Crippen molar-refractivity contribution < 1.29 is 0 Å². The molecule has 0 aromatic carbocycles. The summed E-state index contributed by atoms with van der Waals surface area (Å²) in [4.78, 5) is 4.28. The molecule has 0 aliphatic carbocycles. The van der Waals surface area contributed by atoms with Crippen LogP contribution in [-0.2, 0) is 0 Å². The predicted molar refractivity (Wildman–Crippen MR) is 60.9 cm³/mol. The summed E-state index contributed by atoms with van der Waals surface area (Å²) in [6.45, 7) is 5.82. The molecule has 15 heavy (non-hydrogen) atoms. The molecule has 1 aromatic heterocycles. The third-order valence-corrected chi connectivity index (χ3v) is 2.67. The van der Waals surface area contributed by atoms with Crippen LogP contribution in [0.2, 0.25) is 0 Å². The van der Waals surface area contributed by atoms with Gasteiger partial charge in [-0.3, -0.25) is 0 Å². The topological polar surface area (TPSA) is 42.7 Å². The fraction of sp³-hybridized carbons (Fsp3) is 0.600.